The van der Waals surface area contributed by atoms with E-state index < -0.39 is 0 Å². The molecular weight excluding hydrogens is 321 g/mol. The van der Waals surface area contributed by atoms with Crippen molar-refractivity contribution < 1.29 is 18.0 Å². The van der Waals surface area contributed by atoms with Crippen LogP contribution in [0, 0.1) is 11.7 Å². The summed E-state index contributed by atoms with van der Waals surface area (Å²) in [5.74, 6) is 1.36. The standard InChI is InChI=1S/C20H18FNO3/c21-15-7-5-14(6-8-15)18-11-19(18)20(23)22(12-16-3-1-9-24-16)13-17-4-2-10-25-17/h1-10,18-19H,11-13H2. The summed E-state index contributed by atoms with van der Waals surface area (Å²) in [4.78, 5) is 14.7. The zero-order valence-electron chi connectivity index (χ0n) is 13.6. The zero-order chi connectivity index (χ0) is 17.2. The van der Waals surface area contributed by atoms with Crippen LogP contribution in [0.3, 0.4) is 0 Å². The second kappa shape index (κ2) is 6.59. The molecule has 4 rings (SSSR count). The smallest absolute Gasteiger partial charge is 0.227 e. The van der Waals surface area contributed by atoms with Gasteiger partial charge in [-0.2, -0.15) is 0 Å². The summed E-state index contributed by atoms with van der Waals surface area (Å²) in [6, 6.07) is 13.7. The molecule has 0 radical (unpaired) electrons. The fourth-order valence-corrected chi connectivity index (χ4v) is 3.17. The molecule has 0 bridgehead atoms. The van der Waals surface area contributed by atoms with Crippen LogP contribution in [0.1, 0.15) is 29.4 Å². The van der Waals surface area contributed by atoms with E-state index in [1.807, 2.05) is 24.3 Å². The Morgan fingerprint density at radius 2 is 1.60 bits per heavy atom. The number of furan rings is 2. The van der Waals surface area contributed by atoms with Crippen molar-refractivity contribution in [3.63, 3.8) is 0 Å². The lowest BCUT2D eigenvalue weighted by Crippen LogP contribution is -2.31. The summed E-state index contributed by atoms with van der Waals surface area (Å²) in [6.45, 7) is 0.804. The first-order valence-electron chi connectivity index (χ1n) is 8.30. The topological polar surface area (TPSA) is 46.6 Å². The van der Waals surface area contributed by atoms with Gasteiger partial charge in [0.15, 0.2) is 0 Å². The van der Waals surface area contributed by atoms with E-state index >= 15 is 0 Å². The van der Waals surface area contributed by atoms with Gasteiger partial charge >= 0.3 is 0 Å². The predicted octanol–water partition coefficient (Wildman–Crippen LogP) is 4.34. The van der Waals surface area contributed by atoms with Gasteiger partial charge in [0, 0.05) is 5.92 Å². The summed E-state index contributed by atoms with van der Waals surface area (Å²) >= 11 is 0. The van der Waals surface area contributed by atoms with Crippen LogP contribution in [0.4, 0.5) is 4.39 Å². The Bertz CT molecular complexity index is 788. The van der Waals surface area contributed by atoms with Crippen molar-refractivity contribution in [3.05, 3.63) is 84.0 Å². The maximum atomic E-state index is 13.1. The SMILES string of the molecule is O=C(C1CC1c1ccc(F)cc1)N(Cc1ccco1)Cc1ccco1. The van der Waals surface area contributed by atoms with E-state index in [-0.39, 0.29) is 23.6 Å². The molecule has 0 N–H and O–H groups in total. The van der Waals surface area contributed by atoms with Crippen LogP contribution in [0.5, 0.6) is 0 Å². The Kier molecular flexibility index (Phi) is 4.14. The summed E-state index contributed by atoms with van der Waals surface area (Å²) in [5, 5.41) is 0. The van der Waals surface area contributed by atoms with Crippen molar-refractivity contribution in [2.45, 2.75) is 25.4 Å². The Morgan fingerprint density at radius 1 is 1.00 bits per heavy atom. The molecular formula is C20H18FNO3. The third kappa shape index (κ3) is 3.50. The molecule has 25 heavy (non-hydrogen) atoms. The number of hydrogen-bond donors (Lipinski definition) is 0. The van der Waals surface area contributed by atoms with Gasteiger partial charge < -0.3 is 13.7 Å². The molecule has 2 unspecified atom stereocenters. The molecule has 1 fully saturated rings. The molecule has 3 aromatic rings. The van der Waals surface area contributed by atoms with Crippen LogP contribution in [0.15, 0.2) is 69.9 Å². The lowest BCUT2D eigenvalue weighted by molar-refractivity contribution is -0.134. The van der Waals surface area contributed by atoms with E-state index in [1.54, 1.807) is 29.6 Å². The van der Waals surface area contributed by atoms with Crippen LogP contribution in [-0.2, 0) is 17.9 Å². The number of benzene rings is 1. The van der Waals surface area contributed by atoms with Gasteiger partial charge in [-0.05, 0) is 54.3 Å². The van der Waals surface area contributed by atoms with Gasteiger partial charge in [-0.25, -0.2) is 4.39 Å². The van der Waals surface area contributed by atoms with Crippen LogP contribution in [0.25, 0.3) is 0 Å². The van der Waals surface area contributed by atoms with Gasteiger partial charge in [0.25, 0.3) is 0 Å². The molecule has 2 aromatic heterocycles. The van der Waals surface area contributed by atoms with Gasteiger partial charge in [0.1, 0.15) is 17.3 Å². The van der Waals surface area contributed by atoms with Crippen molar-refractivity contribution in [3.8, 4) is 0 Å². The summed E-state index contributed by atoms with van der Waals surface area (Å²) in [6.07, 6.45) is 3.99. The monoisotopic (exact) mass is 339 g/mol. The summed E-state index contributed by atoms with van der Waals surface area (Å²) in [5.41, 5.74) is 1.01. The van der Waals surface area contributed by atoms with Crippen LogP contribution < -0.4 is 0 Å². The first-order chi connectivity index (χ1) is 12.2. The van der Waals surface area contributed by atoms with Gasteiger partial charge in [-0.1, -0.05) is 12.1 Å². The molecule has 128 valence electrons. The van der Waals surface area contributed by atoms with Crippen molar-refractivity contribution in [1.82, 2.24) is 4.90 Å². The van der Waals surface area contributed by atoms with Gasteiger partial charge in [-0.3, -0.25) is 4.79 Å². The van der Waals surface area contributed by atoms with E-state index in [4.69, 9.17) is 8.83 Å². The molecule has 1 saturated carbocycles. The Hall–Kier alpha value is -2.82. The van der Waals surface area contributed by atoms with E-state index in [2.05, 4.69) is 0 Å². The highest BCUT2D eigenvalue weighted by atomic mass is 19.1. The molecule has 1 amide bonds. The fraction of sp³-hybridized carbons (Fsp3) is 0.250. The first kappa shape index (κ1) is 15.7. The summed E-state index contributed by atoms with van der Waals surface area (Å²) in [7, 11) is 0. The fourth-order valence-electron chi connectivity index (χ4n) is 3.17. The molecule has 0 aliphatic heterocycles. The molecule has 0 spiro atoms. The Balaban J connectivity index is 1.48. The van der Waals surface area contributed by atoms with E-state index in [0.29, 0.717) is 13.1 Å². The summed E-state index contributed by atoms with van der Waals surface area (Å²) < 4.78 is 23.9. The molecule has 0 saturated heterocycles. The molecule has 5 heteroatoms. The quantitative estimate of drug-likeness (QED) is 0.671. The molecule has 1 aromatic carbocycles. The number of nitrogens with zero attached hydrogens (tertiary/aromatic N) is 1. The largest absolute Gasteiger partial charge is 0.467 e. The highest BCUT2D eigenvalue weighted by Gasteiger charge is 2.45. The minimum atomic E-state index is -0.260. The van der Waals surface area contributed by atoms with Crippen molar-refractivity contribution in [2.24, 2.45) is 5.92 Å². The lowest BCUT2D eigenvalue weighted by atomic mass is 10.1. The predicted molar refractivity (Wildman–Crippen MR) is 88.9 cm³/mol. The normalized spacial score (nSPS) is 18.9. The highest BCUT2D eigenvalue weighted by molar-refractivity contribution is 5.83. The Labute approximate surface area is 144 Å². The molecule has 1 aliphatic rings. The van der Waals surface area contributed by atoms with Gasteiger partial charge in [0.2, 0.25) is 5.91 Å². The number of rotatable bonds is 6. The van der Waals surface area contributed by atoms with Crippen LogP contribution in [-0.4, -0.2) is 10.8 Å². The number of halogens is 1. The highest BCUT2D eigenvalue weighted by Crippen LogP contribution is 2.48. The van der Waals surface area contributed by atoms with Crippen molar-refractivity contribution in [2.75, 3.05) is 0 Å². The molecule has 2 heterocycles. The Morgan fingerprint density at radius 3 is 2.12 bits per heavy atom. The second-order valence-electron chi connectivity index (χ2n) is 6.35. The third-order valence-corrected chi connectivity index (χ3v) is 4.57. The average Bonchev–Trinajstić information content (AvgIpc) is 2.98. The average molecular weight is 339 g/mol. The van der Waals surface area contributed by atoms with Crippen LogP contribution in [0.2, 0.25) is 0 Å². The number of carbonyl (C=O) groups excluding carboxylic acids is 1. The minimum absolute atomic E-state index is 0.0714. The zero-order valence-corrected chi connectivity index (χ0v) is 13.6. The van der Waals surface area contributed by atoms with Crippen molar-refractivity contribution in [1.29, 1.82) is 0 Å². The second-order valence-corrected chi connectivity index (χ2v) is 6.35. The third-order valence-electron chi connectivity index (χ3n) is 4.57. The molecule has 4 nitrogen and oxygen atoms in total. The minimum Gasteiger partial charge on any atom is -0.467 e. The number of carbonyl (C=O) groups is 1. The maximum absolute atomic E-state index is 13.1. The van der Waals surface area contributed by atoms with Gasteiger partial charge in [-0.15, -0.1) is 0 Å². The number of amides is 1. The molecule has 2 atom stereocenters. The van der Waals surface area contributed by atoms with E-state index in [1.165, 1.54) is 12.1 Å². The first-order valence-corrected chi connectivity index (χ1v) is 8.30. The molecule has 1 aliphatic carbocycles. The lowest BCUT2D eigenvalue weighted by Gasteiger charge is -2.21. The maximum Gasteiger partial charge on any atom is 0.227 e. The van der Waals surface area contributed by atoms with E-state index in [0.717, 1.165) is 23.5 Å². The van der Waals surface area contributed by atoms with Crippen LogP contribution >= 0.6 is 0 Å². The van der Waals surface area contributed by atoms with E-state index in [9.17, 15) is 9.18 Å². The van der Waals surface area contributed by atoms with Gasteiger partial charge in [0.05, 0.1) is 25.6 Å². The van der Waals surface area contributed by atoms with Crippen molar-refractivity contribution >= 4 is 5.91 Å². The number of hydrogen-bond acceptors (Lipinski definition) is 3.